The number of nitrogens with one attached hydrogen (secondary N) is 3. The zero-order chi connectivity index (χ0) is 57.7. The van der Waals surface area contributed by atoms with Gasteiger partial charge in [0, 0.05) is 76.7 Å². The lowest BCUT2D eigenvalue weighted by atomic mass is 9.72. The van der Waals surface area contributed by atoms with Crippen molar-refractivity contribution in [2.45, 2.75) is 131 Å². The Morgan fingerprint density at radius 1 is 0.975 bits per heavy atom. The van der Waals surface area contributed by atoms with Crippen molar-refractivity contribution >= 4 is 95.9 Å². The third kappa shape index (κ3) is 16.2. The molecule has 2 aromatic carbocycles. The first-order valence-electron chi connectivity index (χ1n) is 26.0. The van der Waals surface area contributed by atoms with E-state index in [0.717, 1.165) is 22.5 Å². The van der Waals surface area contributed by atoms with Crippen LogP contribution >= 0.6 is 43.5 Å². The van der Waals surface area contributed by atoms with Gasteiger partial charge in [0.15, 0.2) is 5.72 Å². The van der Waals surface area contributed by atoms with E-state index in [0.29, 0.717) is 58.0 Å². The van der Waals surface area contributed by atoms with Gasteiger partial charge < -0.3 is 58.7 Å². The van der Waals surface area contributed by atoms with Crippen LogP contribution in [0.15, 0.2) is 54.1 Å². The molecule has 1 aromatic heterocycles. The van der Waals surface area contributed by atoms with E-state index in [9.17, 15) is 33.9 Å². The van der Waals surface area contributed by atoms with E-state index in [2.05, 4.69) is 57.8 Å². The summed E-state index contributed by atoms with van der Waals surface area (Å²) in [6.07, 6.45) is 2.20. The number of anilines is 1. The van der Waals surface area contributed by atoms with Gasteiger partial charge in [-0.05, 0) is 82.3 Å². The summed E-state index contributed by atoms with van der Waals surface area (Å²) in [4.78, 5) is 92.1. The van der Waals surface area contributed by atoms with Crippen LogP contribution in [0.1, 0.15) is 99.9 Å². The number of fused-ring (bicyclic) bond motifs is 7. The maximum atomic E-state index is 14.5. The first-order valence-corrected chi connectivity index (χ1v) is 28.7. The average Bonchev–Trinajstić information content (AvgIpc) is 3.48. The summed E-state index contributed by atoms with van der Waals surface area (Å²) in [7, 11) is 5.93. The standard InChI is InChI=1S/C55H72Br2ClN7O14/c1-33-12-11-14-44(74-8)55(72)29-46(78-52(71)63-55)54(4)32-53(3,79-54)45(28-48(68)65(6)42-25-35(24-33)26-43(73-7)49(42)58)77-51(70)41(64(5)34(2)66)13-9-10-18-59-47(67)17-20-75-22-23-76-21-19-60-50(69)36-15-16-37-38(27-36)62-40(31-57)39(30-56)61-37/h11-12,14-16,25-27,41,44-46,72H,9-10,13,17-24,28-32H2,1-8H3,(H,59,67)(H,60,69)(H,63,71)/b14-11+,33-12+/t41-,44+,45-,46-,53+,54+,55-/m0/s1. The molecule has 5 amide bonds. The second kappa shape index (κ2) is 28.4. The molecule has 7 atom stereocenters. The van der Waals surface area contributed by atoms with Gasteiger partial charge in [0.1, 0.15) is 46.3 Å². The third-order valence-electron chi connectivity index (χ3n) is 14.3. The highest BCUT2D eigenvalue weighted by molar-refractivity contribution is 9.09. The number of alkyl halides is 2. The number of alkyl carbamates (subject to hydrolysis) is 1. The van der Waals surface area contributed by atoms with Crippen LogP contribution in [0.25, 0.3) is 11.0 Å². The van der Waals surface area contributed by atoms with Gasteiger partial charge in [-0.25, -0.2) is 19.6 Å². The number of ether oxygens (including phenoxy) is 7. The molecule has 79 heavy (non-hydrogen) atoms. The van der Waals surface area contributed by atoms with Crippen molar-refractivity contribution in [2.75, 3.05) is 72.7 Å². The Bertz CT molecular complexity index is 2760. The van der Waals surface area contributed by atoms with Crippen LogP contribution in [-0.4, -0.2) is 165 Å². The quantitative estimate of drug-likeness (QED) is 0.0474. The molecule has 0 saturated carbocycles. The number of amides is 5. The minimum Gasteiger partial charge on any atom is -0.495 e. The molecule has 24 heteroatoms. The molecule has 4 aliphatic heterocycles. The summed E-state index contributed by atoms with van der Waals surface area (Å²) in [5.41, 5.74) is 0.971. The van der Waals surface area contributed by atoms with Crippen LogP contribution in [0.5, 0.6) is 5.75 Å². The number of allylic oxidation sites excluding steroid dienone is 3. The van der Waals surface area contributed by atoms with Gasteiger partial charge in [0.25, 0.3) is 5.91 Å². The summed E-state index contributed by atoms with van der Waals surface area (Å²) in [6, 6.07) is 7.66. The van der Waals surface area contributed by atoms with Gasteiger partial charge in [-0.2, -0.15) is 0 Å². The summed E-state index contributed by atoms with van der Waals surface area (Å²) in [5, 5.41) is 21.4. The Labute approximate surface area is 482 Å². The van der Waals surface area contributed by atoms with Crippen molar-refractivity contribution in [1.82, 2.24) is 30.8 Å². The predicted octanol–water partition coefficient (Wildman–Crippen LogP) is 6.53. The number of carbonyl (C=O) groups is 6. The van der Waals surface area contributed by atoms with Crippen LogP contribution in [0, 0.1) is 0 Å². The molecule has 6 bridgehead atoms. The summed E-state index contributed by atoms with van der Waals surface area (Å²) in [5.74, 6) is -1.82. The maximum absolute atomic E-state index is 14.5. The molecule has 0 aliphatic carbocycles. The Kier molecular flexibility index (Phi) is 22.6. The minimum atomic E-state index is -1.91. The fourth-order valence-electron chi connectivity index (χ4n) is 9.89. The highest BCUT2D eigenvalue weighted by Crippen LogP contribution is 2.50. The molecule has 4 aliphatic rings. The summed E-state index contributed by atoms with van der Waals surface area (Å²) < 4.78 is 41.1. The van der Waals surface area contributed by atoms with Gasteiger partial charge in [-0.1, -0.05) is 67.3 Å². The monoisotopic (exact) mass is 1250 g/mol. The zero-order valence-corrected chi connectivity index (χ0v) is 49.8. The predicted molar refractivity (Wildman–Crippen MR) is 301 cm³/mol. The number of nitrogens with zero attached hydrogens (tertiary/aromatic N) is 4. The molecular formula is C55H72Br2ClN7O14. The lowest BCUT2D eigenvalue weighted by molar-refractivity contribution is -0.328. The van der Waals surface area contributed by atoms with E-state index in [1.54, 1.807) is 63.4 Å². The van der Waals surface area contributed by atoms with Crippen LogP contribution < -0.4 is 25.6 Å². The highest BCUT2D eigenvalue weighted by Gasteiger charge is 2.63. The summed E-state index contributed by atoms with van der Waals surface area (Å²) >= 11 is 13.7. The van der Waals surface area contributed by atoms with E-state index in [1.807, 2.05) is 13.0 Å². The molecule has 432 valence electrons. The fourth-order valence-corrected chi connectivity index (χ4v) is 11.1. The first-order chi connectivity index (χ1) is 37.6. The lowest BCUT2D eigenvalue weighted by Crippen LogP contribution is -2.72. The maximum Gasteiger partial charge on any atom is 0.409 e. The number of halogens is 3. The fraction of sp³-hybridized carbons (Fsp3) is 0.564. The normalized spacial score (nSPS) is 24.7. The number of aromatic nitrogens is 2. The molecule has 21 nitrogen and oxygen atoms in total. The van der Waals surface area contributed by atoms with Gasteiger partial charge in [0.05, 0.1) is 68.1 Å². The number of hydrogen-bond acceptors (Lipinski definition) is 16. The van der Waals surface area contributed by atoms with Crippen LogP contribution in [-0.2, 0) is 64.7 Å². The molecule has 3 aromatic rings. The van der Waals surface area contributed by atoms with Gasteiger partial charge in [0.2, 0.25) is 17.7 Å². The Morgan fingerprint density at radius 2 is 1.67 bits per heavy atom. The van der Waals surface area contributed by atoms with E-state index < -0.39 is 65.2 Å². The number of likely N-dealkylation sites (N-methyl/N-ethyl adjacent to an activating group) is 1. The number of methoxy groups -OCH3 is 2. The molecule has 2 saturated heterocycles. The van der Waals surface area contributed by atoms with Crippen molar-refractivity contribution in [1.29, 1.82) is 0 Å². The Balaban J connectivity index is 1.01. The third-order valence-corrected chi connectivity index (χ3v) is 15.7. The number of unbranched alkanes of at least 4 members (excludes halogenated alkanes) is 1. The van der Waals surface area contributed by atoms with E-state index in [-0.39, 0.29) is 88.5 Å². The largest absolute Gasteiger partial charge is 0.495 e. The van der Waals surface area contributed by atoms with Crippen molar-refractivity contribution in [3.8, 4) is 5.75 Å². The summed E-state index contributed by atoms with van der Waals surface area (Å²) in [6.45, 7) is 8.12. The second-order valence-electron chi connectivity index (χ2n) is 20.3. The number of benzene rings is 2. The van der Waals surface area contributed by atoms with Crippen LogP contribution in [0.3, 0.4) is 0 Å². The van der Waals surface area contributed by atoms with Crippen molar-refractivity contribution in [3.05, 3.63) is 81.7 Å². The van der Waals surface area contributed by atoms with E-state index in [1.165, 1.54) is 38.0 Å². The Hall–Kier alpha value is -5.27. The van der Waals surface area contributed by atoms with Crippen molar-refractivity contribution < 1.29 is 67.0 Å². The number of carbonyl (C=O) groups excluding carboxylic acids is 6. The van der Waals surface area contributed by atoms with Crippen molar-refractivity contribution in [2.24, 2.45) is 0 Å². The van der Waals surface area contributed by atoms with E-state index in [4.69, 9.17) is 44.8 Å². The molecule has 0 unspecified atom stereocenters. The molecule has 2 fully saturated rings. The van der Waals surface area contributed by atoms with Gasteiger partial charge >= 0.3 is 12.1 Å². The van der Waals surface area contributed by atoms with E-state index >= 15 is 0 Å². The smallest absolute Gasteiger partial charge is 0.409 e. The molecule has 5 heterocycles. The number of esters is 1. The van der Waals surface area contributed by atoms with Crippen LogP contribution in [0.4, 0.5) is 10.5 Å². The van der Waals surface area contributed by atoms with Gasteiger partial charge in [-0.15, -0.1) is 0 Å². The van der Waals surface area contributed by atoms with Crippen molar-refractivity contribution in [3.63, 3.8) is 0 Å². The number of aliphatic hydroxyl groups is 1. The molecule has 0 spiro atoms. The second-order valence-corrected chi connectivity index (χ2v) is 21.8. The number of hydrogen-bond donors (Lipinski definition) is 4. The Morgan fingerprint density at radius 3 is 2.34 bits per heavy atom. The molecule has 0 radical (unpaired) electrons. The van der Waals surface area contributed by atoms with Crippen LogP contribution in [0.2, 0.25) is 5.02 Å². The topological polar surface area (TPSA) is 256 Å². The molecular weight excluding hydrogens is 1180 g/mol. The van der Waals surface area contributed by atoms with Gasteiger partial charge in [-0.3, -0.25) is 24.5 Å². The minimum absolute atomic E-state index is 0.103. The number of rotatable bonds is 22. The lowest BCUT2D eigenvalue weighted by Gasteiger charge is -2.59. The first kappa shape index (κ1) is 62.9. The highest BCUT2D eigenvalue weighted by atomic mass is 79.9. The zero-order valence-electron chi connectivity index (χ0n) is 45.9. The average molecular weight is 1250 g/mol. The molecule has 4 N–H and O–H groups in total. The SMILES string of the molecule is COc1cc2cc(c1Cl)N(C)C(=O)C[C@H](OC(=O)[C@H](CCCCNC(=O)CCOCCOCCNC(=O)c1ccc3nc(CBr)c(CBr)nc3c1)N(C)C(C)=O)[C@@]1(C)C[C@@](C)(O1)[C@@H]1C[C@@](O)(NC(=O)O1)[C@H](OC)/C=C/C=C(\C)C2. The molecule has 7 rings (SSSR count).